The largest absolute Gasteiger partial charge is 0.353 e. The van der Waals surface area contributed by atoms with E-state index in [4.69, 9.17) is 9.47 Å². The zero-order valence-corrected chi connectivity index (χ0v) is 14.9. The predicted molar refractivity (Wildman–Crippen MR) is 97.1 cm³/mol. The molecule has 0 atom stereocenters. The molecule has 1 heterocycles. The molecule has 1 aromatic carbocycles. The van der Waals surface area contributed by atoms with Gasteiger partial charge in [-0.15, -0.1) is 13.2 Å². The number of aromatic nitrogens is 2. The Kier molecular flexibility index (Phi) is 13.0. The summed E-state index contributed by atoms with van der Waals surface area (Å²) in [6.45, 7) is 14.0. The van der Waals surface area contributed by atoms with Crippen molar-refractivity contribution in [2.45, 2.75) is 33.6 Å². The van der Waals surface area contributed by atoms with E-state index in [-0.39, 0.29) is 6.29 Å². The fourth-order valence-electron chi connectivity index (χ4n) is 1.81. The molecule has 0 aliphatic carbocycles. The highest BCUT2D eigenvalue weighted by Gasteiger charge is 1.95. The Hall–Kier alpha value is -2.24. The molecule has 0 saturated carbocycles. The van der Waals surface area contributed by atoms with Crippen LogP contribution < -0.4 is 0 Å². The Labute approximate surface area is 144 Å². The topological polar surface area (TPSA) is 53.4 Å². The van der Waals surface area contributed by atoms with Gasteiger partial charge in [0.2, 0.25) is 0 Å². The number of carbonyl (C=O) groups is 1. The minimum absolute atomic E-state index is 0.0370. The smallest absolute Gasteiger partial charge is 0.154 e. The molecule has 0 amide bonds. The van der Waals surface area contributed by atoms with Gasteiger partial charge in [0, 0.05) is 37.7 Å². The van der Waals surface area contributed by atoms with E-state index in [1.807, 2.05) is 55.8 Å². The molecule has 0 spiro atoms. The molecule has 0 fully saturated rings. The Bertz CT molecular complexity index is 518. The summed E-state index contributed by atoms with van der Waals surface area (Å²) in [6, 6.07) is 7.53. The van der Waals surface area contributed by atoms with Crippen molar-refractivity contribution >= 4 is 6.29 Å². The van der Waals surface area contributed by atoms with Gasteiger partial charge in [0.1, 0.15) is 6.29 Å². The molecule has 0 unspecified atom stereocenters. The van der Waals surface area contributed by atoms with E-state index in [1.54, 1.807) is 12.5 Å². The molecule has 1 aromatic heterocycles. The van der Waals surface area contributed by atoms with Gasteiger partial charge in [-0.2, -0.15) is 0 Å². The summed E-state index contributed by atoms with van der Waals surface area (Å²) >= 11 is 0. The van der Waals surface area contributed by atoms with Crippen LogP contribution in [0.3, 0.4) is 0 Å². The third kappa shape index (κ3) is 9.71. The standard InChI is InChI=1S/C11H10N2O.C6H14O2.C2H4/c14-8-11-3-1-10(2-4-11)7-13-6-5-12-9-13;1-4-7-6(3)8-5-2;1-2/h1-6,8-9H,7H2;6H,4-5H2,1-3H3;1-2H2. The number of rotatable bonds is 7. The van der Waals surface area contributed by atoms with Crippen LogP contribution in [0.15, 0.2) is 56.1 Å². The fourth-order valence-corrected chi connectivity index (χ4v) is 1.81. The summed E-state index contributed by atoms with van der Waals surface area (Å²) in [6.07, 6.45) is 6.24. The fraction of sp³-hybridized carbons (Fsp3) is 0.368. The van der Waals surface area contributed by atoms with Crippen LogP contribution in [0.5, 0.6) is 0 Å². The number of hydrogen-bond acceptors (Lipinski definition) is 4. The van der Waals surface area contributed by atoms with E-state index in [0.29, 0.717) is 5.56 Å². The maximum atomic E-state index is 10.4. The monoisotopic (exact) mass is 332 g/mol. The number of imidazole rings is 1. The highest BCUT2D eigenvalue weighted by Crippen LogP contribution is 2.04. The Balaban J connectivity index is 0.000000456. The maximum Gasteiger partial charge on any atom is 0.154 e. The lowest BCUT2D eigenvalue weighted by molar-refractivity contribution is -0.123. The second-order valence-corrected chi connectivity index (χ2v) is 4.57. The van der Waals surface area contributed by atoms with Crippen LogP contribution in [0.25, 0.3) is 0 Å². The zero-order valence-electron chi connectivity index (χ0n) is 14.9. The van der Waals surface area contributed by atoms with E-state index in [0.717, 1.165) is 31.6 Å². The highest BCUT2D eigenvalue weighted by atomic mass is 16.7. The van der Waals surface area contributed by atoms with Gasteiger partial charge in [0.25, 0.3) is 0 Å². The number of ether oxygens (including phenoxy) is 2. The van der Waals surface area contributed by atoms with E-state index < -0.39 is 0 Å². The van der Waals surface area contributed by atoms with Crippen molar-refractivity contribution in [3.8, 4) is 0 Å². The van der Waals surface area contributed by atoms with Crippen molar-refractivity contribution < 1.29 is 14.3 Å². The number of benzene rings is 1. The van der Waals surface area contributed by atoms with Crippen molar-refractivity contribution in [3.63, 3.8) is 0 Å². The first-order valence-corrected chi connectivity index (χ1v) is 7.92. The molecule has 0 radical (unpaired) electrons. The van der Waals surface area contributed by atoms with Gasteiger partial charge in [-0.3, -0.25) is 4.79 Å². The summed E-state index contributed by atoms with van der Waals surface area (Å²) in [5.41, 5.74) is 1.87. The second-order valence-electron chi connectivity index (χ2n) is 4.57. The third-order valence-corrected chi connectivity index (χ3v) is 2.84. The zero-order chi connectivity index (χ0) is 18.2. The normalized spacial score (nSPS) is 9.50. The van der Waals surface area contributed by atoms with Gasteiger partial charge in [0.05, 0.1) is 6.33 Å². The van der Waals surface area contributed by atoms with Gasteiger partial charge in [-0.05, 0) is 26.3 Å². The second kappa shape index (κ2) is 14.4. The summed E-state index contributed by atoms with van der Waals surface area (Å²) in [5.74, 6) is 0. The minimum atomic E-state index is -0.0370. The molecular weight excluding hydrogens is 304 g/mol. The summed E-state index contributed by atoms with van der Waals surface area (Å²) in [5, 5.41) is 0. The third-order valence-electron chi connectivity index (χ3n) is 2.84. The minimum Gasteiger partial charge on any atom is -0.353 e. The SMILES string of the molecule is C=C.CCOC(C)OCC.O=Cc1ccc(Cn2ccnc2)cc1. The summed E-state index contributed by atoms with van der Waals surface area (Å²) < 4.78 is 12.1. The van der Waals surface area contributed by atoms with Gasteiger partial charge in [-0.1, -0.05) is 24.3 Å². The molecule has 0 N–H and O–H groups in total. The number of carbonyl (C=O) groups excluding carboxylic acids is 1. The Morgan fingerprint density at radius 1 is 1.17 bits per heavy atom. The number of hydrogen-bond donors (Lipinski definition) is 0. The molecule has 24 heavy (non-hydrogen) atoms. The number of nitrogens with zero attached hydrogens (tertiary/aromatic N) is 2. The lowest BCUT2D eigenvalue weighted by Crippen LogP contribution is -2.11. The van der Waals surface area contributed by atoms with E-state index >= 15 is 0 Å². The van der Waals surface area contributed by atoms with Crippen LogP contribution >= 0.6 is 0 Å². The molecule has 5 nitrogen and oxygen atoms in total. The lowest BCUT2D eigenvalue weighted by Gasteiger charge is -2.09. The van der Waals surface area contributed by atoms with Gasteiger partial charge < -0.3 is 14.0 Å². The molecule has 2 rings (SSSR count). The first-order chi connectivity index (χ1) is 11.7. The van der Waals surface area contributed by atoms with Crippen LogP contribution in [0.1, 0.15) is 36.7 Å². The average molecular weight is 332 g/mol. The van der Waals surface area contributed by atoms with Gasteiger partial charge in [-0.25, -0.2) is 4.98 Å². The van der Waals surface area contributed by atoms with Crippen LogP contribution in [0.4, 0.5) is 0 Å². The Morgan fingerprint density at radius 3 is 2.17 bits per heavy atom. The Morgan fingerprint density at radius 2 is 1.75 bits per heavy atom. The van der Waals surface area contributed by atoms with Crippen LogP contribution in [0.2, 0.25) is 0 Å². The lowest BCUT2D eigenvalue weighted by atomic mass is 10.1. The maximum absolute atomic E-state index is 10.4. The van der Waals surface area contributed by atoms with Crippen LogP contribution in [-0.4, -0.2) is 35.3 Å². The van der Waals surface area contributed by atoms with E-state index in [9.17, 15) is 4.79 Å². The van der Waals surface area contributed by atoms with Crippen molar-refractivity contribution in [1.82, 2.24) is 9.55 Å². The van der Waals surface area contributed by atoms with E-state index in [1.165, 1.54) is 0 Å². The first-order valence-electron chi connectivity index (χ1n) is 7.92. The van der Waals surface area contributed by atoms with Crippen LogP contribution in [0, 0.1) is 0 Å². The molecule has 2 aromatic rings. The van der Waals surface area contributed by atoms with Gasteiger partial charge >= 0.3 is 0 Å². The first kappa shape index (κ1) is 21.8. The molecule has 132 valence electrons. The predicted octanol–water partition coefficient (Wildman–Crippen LogP) is 3.95. The molecule has 0 aliphatic heterocycles. The molecule has 0 aliphatic rings. The highest BCUT2D eigenvalue weighted by molar-refractivity contribution is 5.74. The van der Waals surface area contributed by atoms with Crippen molar-refractivity contribution in [1.29, 1.82) is 0 Å². The summed E-state index contributed by atoms with van der Waals surface area (Å²) in [7, 11) is 0. The van der Waals surface area contributed by atoms with Crippen LogP contribution in [-0.2, 0) is 16.0 Å². The summed E-state index contributed by atoms with van der Waals surface area (Å²) in [4.78, 5) is 14.4. The molecule has 0 bridgehead atoms. The average Bonchev–Trinajstić information content (AvgIpc) is 3.11. The van der Waals surface area contributed by atoms with Gasteiger partial charge in [0.15, 0.2) is 6.29 Å². The molecule has 5 heteroatoms. The van der Waals surface area contributed by atoms with Crippen molar-refractivity contribution in [2.24, 2.45) is 0 Å². The quantitative estimate of drug-likeness (QED) is 0.438. The van der Waals surface area contributed by atoms with E-state index in [2.05, 4.69) is 18.1 Å². The van der Waals surface area contributed by atoms with Crippen molar-refractivity contribution in [2.75, 3.05) is 13.2 Å². The molecular formula is C19H28N2O3. The van der Waals surface area contributed by atoms with Crippen molar-refractivity contribution in [3.05, 3.63) is 67.3 Å². The number of aldehydes is 1. The molecule has 0 saturated heterocycles.